The van der Waals surface area contributed by atoms with Gasteiger partial charge in [0.1, 0.15) is 4.21 Å². The van der Waals surface area contributed by atoms with E-state index in [2.05, 4.69) is 15.6 Å². The van der Waals surface area contributed by atoms with Crippen LogP contribution in [0.1, 0.15) is 11.3 Å². The molecule has 7 nitrogen and oxygen atoms in total. The van der Waals surface area contributed by atoms with Crippen molar-refractivity contribution in [1.29, 1.82) is 0 Å². The van der Waals surface area contributed by atoms with Gasteiger partial charge in [-0.25, -0.2) is 13.6 Å². The largest absolute Gasteiger partial charge is 0.381 e. The van der Waals surface area contributed by atoms with Crippen LogP contribution in [0.15, 0.2) is 21.3 Å². The van der Waals surface area contributed by atoms with Crippen LogP contribution in [0.2, 0.25) is 0 Å². The highest BCUT2D eigenvalue weighted by Gasteiger charge is 2.16. The van der Waals surface area contributed by atoms with Gasteiger partial charge in [0.05, 0.1) is 13.2 Å². The summed E-state index contributed by atoms with van der Waals surface area (Å²) >= 11 is 1.16. The SMILES string of the molecule is CN=C(NCc1ccc(S(N)(=O)=O)s1)NCC1CCOC1. The van der Waals surface area contributed by atoms with Gasteiger partial charge in [-0.3, -0.25) is 4.99 Å². The molecular formula is C12H20N4O3S2. The maximum atomic E-state index is 11.2. The molecule has 1 aliphatic heterocycles. The fraction of sp³-hybridized carbons (Fsp3) is 0.583. The van der Waals surface area contributed by atoms with Crippen LogP contribution >= 0.6 is 11.3 Å². The van der Waals surface area contributed by atoms with Crippen LogP contribution in [0.3, 0.4) is 0 Å². The molecule has 9 heteroatoms. The molecule has 1 unspecified atom stereocenters. The molecule has 0 bridgehead atoms. The number of rotatable bonds is 5. The van der Waals surface area contributed by atoms with Gasteiger partial charge in [-0.1, -0.05) is 0 Å². The third kappa shape index (κ3) is 4.95. The summed E-state index contributed by atoms with van der Waals surface area (Å²) in [4.78, 5) is 5.02. The Morgan fingerprint density at radius 2 is 2.33 bits per heavy atom. The number of ether oxygens (including phenoxy) is 1. The van der Waals surface area contributed by atoms with Gasteiger partial charge in [0, 0.05) is 31.0 Å². The molecule has 0 aliphatic carbocycles. The second kappa shape index (κ2) is 7.21. The maximum absolute atomic E-state index is 11.2. The predicted octanol–water partition coefficient (Wildman–Crippen LogP) is 0.0970. The first-order valence-corrected chi connectivity index (χ1v) is 8.99. The van der Waals surface area contributed by atoms with E-state index in [-0.39, 0.29) is 4.21 Å². The standard InChI is InChI=1S/C12H20N4O3S2/c1-14-12(15-6-9-4-5-19-8-9)16-7-10-2-3-11(20-10)21(13,17)18/h2-3,9H,4-8H2,1H3,(H2,13,17,18)(H2,14,15,16). The van der Waals surface area contributed by atoms with E-state index in [4.69, 9.17) is 9.88 Å². The highest BCUT2D eigenvalue weighted by atomic mass is 32.2. The van der Waals surface area contributed by atoms with E-state index in [0.29, 0.717) is 18.4 Å². The fourth-order valence-electron chi connectivity index (χ4n) is 1.98. The van der Waals surface area contributed by atoms with Gasteiger partial charge in [-0.2, -0.15) is 0 Å². The van der Waals surface area contributed by atoms with E-state index in [9.17, 15) is 8.42 Å². The van der Waals surface area contributed by atoms with Crippen LogP contribution in [0.25, 0.3) is 0 Å². The van der Waals surface area contributed by atoms with Gasteiger partial charge in [-0.05, 0) is 18.6 Å². The minimum Gasteiger partial charge on any atom is -0.381 e. The molecule has 0 aromatic carbocycles. The van der Waals surface area contributed by atoms with Crippen molar-refractivity contribution in [2.24, 2.45) is 16.0 Å². The monoisotopic (exact) mass is 332 g/mol. The summed E-state index contributed by atoms with van der Waals surface area (Å²) in [6.07, 6.45) is 1.06. The molecule has 2 heterocycles. The molecule has 0 saturated carbocycles. The van der Waals surface area contributed by atoms with E-state index in [1.165, 1.54) is 6.07 Å². The van der Waals surface area contributed by atoms with Crippen molar-refractivity contribution >= 4 is 27.3 Å². The molecule has 21 heavy (non-hydrogen) atoms. The molecule has 4 N–H and O–H groups in total. The second-order valence-electron chi connectivity index (χ2n) is 4.80. The molecule has 118 valence electrons. The Morgan fingerprint density at radius 1 is 1.52 bits per heavy atom. The quantitative estimate of drug-likeness (QED) is 0.524. The number of nitrogens with zero attached hydrogens (tertiary/aromatic N) is 1. The molecular weight excluding hydrogens is 312 g/mol. The summed E-state index contributed by atoms with van der Waals surface area (Å²) in [5, 5.41) is 11.5. The summed E-state index contributed by atoms with van der Waals surface area (Å²) in [5.74, 6) is 1.20. The third-order valence-electron chi connectivity index (χ3n) is 3.15. The molecule has 1 aromatic heterocycles. The maximum Gasteiger partial charge on any atom is 0.247 e. The van der Waals surface area contributed by atoms with Crippen molar-refractivity contribution in [2.45, 2.75) is 17.2 Å². The van der Waals surface area contributed by atoms with Crippen LogP contribution in [0, 0.1) is 5.92 Å². The average Bonchev–Trinajstić information content (AvgIpc) is 3.09. The van der Waals surface area contributed by atoms with Crippen molar-refractivity contribution < 1.29 is 13.2 Å². The lowest BCUT2D eigenvalue weighted by atomic mass is 10.1. The predicted molar refractivity (Wildman–Crippen MR) is 82.8 cm³/mol. The van der Waals surface area contributed by atoms with E-state index >= 15 is 0 Å². The Labute approximate surface area is 128 Å². The molecule has 0 amide bonds. The Hall–Kier alpha value is -1.16. The zero-order valence-electron chi connectivity index (χ0n) is 11.8. The number of guanidine groups is 1. The first-order valence-electron chi connectivity index (χ1n) is 6.63. The lowest BCUT2D eigenvalue weighted by Gasteiger charge is -2.13. The number of hydrogen-bond acceptors (Lipinski definition) is 5. The highest BCUT2D eigenvalue weighted by Crippen LogP contribution is 2.19. The van der Waals surface area contributed by atoms with Crippen molar-refractivity contribution in [3.05, 3.63) is 17.0 Å². The number of nitrogens with one attached hydrogen (secondary N) is 2. The Balaban J connectivity index is 1.81. The summed E-state index contributed by atoms with van der Waals surface area (Å²) in [6, 6.07) is 3.26. The van der Waals surface area contributed by atoms with Crippen LogP contribution in [-0.4, -0.2) is 41.2 Å². The Bertz CT molecular complexity index is 591. The van der Waals surface area contributed by atoms with E-state index in [1.54, 1.807) is 13.1 Å². The summed E-state index contributed by atoms with van der Waals surface area (Å²) in [7, 11) is -1.92. The van der Waals surface area contributed by atoms with Gasteiger partial charge < -0.3 is 15.4 Å². The molecule has 1 fully saturated rings. The summed E-state index contributed by atoms with van der Waals surface area (Å²) in [6.45, 7) is 2.92. The Kier molecular flexibility index (Phi) is 5.57. The number of primary sulfonamides is 1. The molecule has 0 spiro atoms. The number of nitrogens with two attached hydrogens (primary N) is 1. The minimum absolute atomic E-state index is 0.172. The van der Waals surface area contributed by atoms with Crippen molar-refractivity contribution in [1.82, 2.24) is 10.6 Å². The lowest BCUT2D eigenvalue weighted by molar-refractivity contribution is 0.186. The number of thiophene rings is 1. The van der Waals surface area contributed by atoms with Gasteiger partial charge in [-0.15, -0.1) is 11.3 Å². The van der Waals surface area contributed by atoms with Gasteiger partial charge in [0.15, 0.2) is 5.96 Å². The van der Waals surface area contributed by atoms with Crippen molar-refractivity contribution in [3.63, 3.8) is 0 Å². The second-order valence-corrected chi connectivity index (χ2v) is 7.76. The molecule has 1 aliphatic rings. The average molecular weight is 332 g/mol. The first-order chi connectivity index (χ1) is 9.99. The molecule has 1 aromatic rings. The number of sulfonamides is 1. The topological polar surface area (TPSA) is 106 Å². The van der Waals surface area contributed by atoms with E-state index in [1.807, 2.05) is 0 Å². The highest BCUT2D eigenvalue weighted by molar-refractivity contribution is 7.91. The number of hydrogen-bond donors (Lipinski definition) is 3. The van der Waals surface area contributed by atoms with Crippen molar-refractivity contribution in [3.8, 4) is 0 Å². The zero-order chi connectivity index (χ0) is 15.3. The fourth-order valence-corrected chi connectivity index (χ4v) is 3.70. The van der Waals surface area contributed by atoms with Gasteiger partial charge in [0.2, 0.25) is 10.0 Å². The number of aliphatic imine (C=N–C) groups is 1. The summed E-state index contributed by atoms with van der Waals surface area (Å²) in [5.41, 5.74) is 0. The van der Waals surface area contributed by atoms with Crippen LogP contribution in [0.5, 0.6) is 0 Å². The molecule has 0 radical (unpaired) electrons. The molecule has 1 saturated heterocycles. The van der Waals surface area contributed by atoms with Crippen LogP contribution < -0.4 is 15.8 Å². The van der Waals surface area contributed by atoms with Gasteiger partial charge in [0.25, 0.3) is 0 Å². The van der Waals surface area contributed by atoms with E-state index < -0.39 is 10.0 Å². The van der Waals surface area contributed by atoms with E-state index in [0.717, 1.165) is 42.4 Å². The smallest absolute Gasteiger partial charge is 0.247 e. The van der Waals surface area contributed by atoms with Crippen molar-refractivity contribution in [2.75, 3.05) is 26.8 Å². The minimum atomic E-state index is -3.62. The van der Waals surface area contributed by atoms with Crippen LogP contribution in [0.4, 0.5) is 0 Å². The normalized spacial score (nSPS) is 19.7. The third-order valence-corrected chi connectivity index (χ3v) is 5.68. The Morgan fingerprint density at radius 3 is 2.90 bits per heavy atom. The van der Waals surface area contributed by atoms with Gasteiger partial charge >= 0.3 is 0 Å². The zero-order valence-corrected chi connectivity index (χ0v) is 13.5. The molecule has 1 atom stereocenters. The molecule has 2 rings (SSSR count). The van der Waals surface area contributed by atoms with Crippen LogP contribution in [-0.2, 0) is 21.3 Å². The lowest BCUT2D eigenvalue weighted by Crippen LogP contribution is -2.39. The summed E-state index contributed by atoms with van der Waals surface area (Å²) < 4.78 is 27.9. The first kappa shape index (κ1) is 16.2.